The molecule has 1 aromatic carbocycles. The van der Waals surface area contributed by atoms with Gasteiger partial charge in [0.1, 0.15) is 5.75 Å². The molecule has 1 atom stereocenters. The third kappa shape index (κ3) is 5.49. The zero-order valence-electron chi connectivity index (χ0n) is 11.4. The number of rotatable bonds is 7. The first kappa shape index (κ1) is 15.8. The van der Waals surface area contributed by atoms with Gasteiger partial charge in [-0.2, -0.15) is 0 Å². The highest BCUT2D eigenvalue weighted by molar-refractivity contribution is 6.32. The highest BCUT2D eigenvalue weighted by Gasteiger charge is 2.14. The fourth-order valence-corrected chi connectivity index (χ4v) is 1.74. The Kier molecular flexibility index (Phi) is 6.12. The van der Waals surface area contributed by atoms with Gasteiger partial charge in [-0.15, -0.1) is 0 Å². The van der Waals surface area contributed by atoms with Gasteiger partial charge in [0.15, 0.2) is 6.10 Å². The second-order valence-corrected chi connectivity index (χ2v) is 5.30. The second kappa shape index (κ2) is 7.36. The van der Waals surface area contributed by atoms with Gasteiger partial charge in [-0.3, -0.25) is 0 Å². The number of nitrogens with one attached hydrogen (secondary N) is 1. The van der Waals surface area contributed by atoms with Crippen molar-refractivity contribution < 1.29 is 14.6 Å². The Bertz CT molecular complexity index is 435. The highest BCUT2D eigenvalue weighted by atomic mass is 35.5. The number of hydrogen-bond acceptors (Lipinski definition) is 3. The largest absolute Gasteiger partial charge is 0.479 e. The van der Waals surface area contributed by atoms with E-state index in [1.807, 2.05) is 6.07 Å². The van der Waals surface area contributed by atoms with Crippen molar-refractivity contribution in [3.63, 3.8) is 0 Å². The fraction of sp³-hybridized carbons (Fsp3) is 0.500. The Morgan fingerprint density at radius 1 is 1.42 bits per heavy atom. The summed E-state index contributed by atoms with van der Waals surface area (Å²) in [5.41, 5.74) is 1.04. The van der Waals surface area contributed by atoms with Gasteiger partial charge in [0.05, 0.1) is 5.02 Å². The Morgan fingerprint density at radius 3 is 2.63 bits per heavy atom. The van der Waals surface area contributed by atoms with Crippen LogP contribution in [0.3, 0.4) is 0 Å². The molecule has 0 spiro atoms. The zero-order chi connectivity index (χ0) is 14.4. The number of hydrogen-bond donors (Lipinski definition) is 2. The number of benzene rings is 1. The van der Waals surface area contributed by atoms with Crippen LogP contribution in [0, 0.1) is 5.92 Å². The van der Waals surface area contributed by atoms with Crippen molar-refractivity contribution in [2.45, 2.75) is 33.4 Å². The van der Waals surface area contributed by atoms with E-state index in [4.69, 9.17) is 21.4 Å². The minimum absolute atomic E-state index is 0.393. The lowest BCUT2D eigenvalue weighted by atomic mass is 10.2. The maximum atomic E-state index is 10.7. The van der Waals surface area contributed by atoms with E-state index in [0.717, 1.165) is 18.7 Å². The van der Waals surface area contributed by atoms with Crippen molar-refractivity contribution >= 4 is 17.6 Å². The predicted molar refractivity (Wildman–Crippen MR) is 75.7 cm³/mol. The molecule has 1 unspecified atom stereocenters. The van der Waals surface area contributed by atoms with Gasteiger partial charge in [-0.05, 0) is 37.1 Å². The van der Waals surface area contributed by atoms with Crippen LogP contribution < -0.4 is 10.1 Å². The molecular formula is C14H20ClNO3. The maximum absolute atomic E-state index is 10.7. The Labute approximate surface area is 118 Å². The molecule has 1 rings (SSSR count). The summed E-state index contributed by atoms with van der Waals surface area (Å²) in [5, 5.41) is 12.5. The summed E-state index contributed by atoms with van der Waals surface area (Å²) in [7, 11) is 0. The van der Waals surface area contributed by atoms with E-state index in [1.165, 1.54) is 6.92 Å². The fourth-order valence-electron chi connectivity index (χ4n) is 1.50. The molecule has 4 nitrogen and oxygen atoms in total. The number of aliphatic carboxylic acids is 1. The number of carbonyl (C=O) groups is 1. The third-order valence-electron chi connectivity index (χ3n) is 2.53. The average molecular weight is 286 g/mol. The van der Waals surface area contributed by atoms with Gasteiger partial charge >= 0.3 is 5.97 Å². The smallest absolute Gasteiger partial charge is 0.344 e. The van der Waals surface area contributed by atoms with Gasteiger partial charge in [-0.25, -0.2) is 4.79 Å². The first-order valence-electron chi connectivity index (χ1n) is 6.28. The molecule has 0 heterocycles. The monoisotopic (exact) mass is 285 g/mol. The van der Waals surface area contributed by atoms with E-state index >= 15 is 0 Å². The summed E-state index contributed by atoms with van der Waals surface area (Å²) in [6.45, 7) is 7.42. The van der Waals surface area contributed by atoms with E-state index in [0.29, 0.717) is 16.7 Å². The van der Waals surface area contributed by atoms with E-state index in [-0.39, 0.29) is 0 Å². The van der Waals surface area contributed by atoms with Crippen LogP contribution in [0.25, 0.3) is 0 Å². The molecule has 0 bridgehead atoms. The van der Waals surface area contributed by atoms with Crippen molar-refractivity contribution in [1.82, 2.24) is 5.32 Å². The van der Waals surface area contributed by atoms with Crippen molar-refractivity contribution in [2.75, 3.05) is 6.54 Å². The second-order valence-electron chi connectivity index (χ2n) is 4.89. The lowest BCUT2D eigenvalue weighted by Gasteiger charge is -2.13. The van der Waals surface area contributed by atoms with Crippen molar-refractivity contribution in [1.29, 1.82) is 0 Å². The van der Waals surface area contributed by atoms with Crippen LogP contribution in [-0.4, -0.2) is 23.7 Å². The normalized spacial score (nSPS) is 12.5. The van der Waals surface area contributed by atoms with E-state index in [9.17, 15) is 4.79 Å². The quantitative estimate of drug-likeness (QED) is 0.809. The first-order chi connectivity index (χ1) is 8.90. The topological polar surface area (TPSA) is 58.6 Å². The molecule has 0 fully saturated rings. The number of carboxylic acid groups (broad SMARTS) is 1. The molecule has 0 saturated carbocycles. The SMILES string of the molecule is CC(C)CNCc1ccc(OC(C)C(=O)O)c(Cl)c1. The van der Waals surface area contributed by atoms with Crippen molar-refractivity contribution in [3.8, 4) is 5.75 Å². The minimum Gasteiger partial charge on any atom is -0.479 e. The first-order valence-corrected chi connectivity index (χ1v) is 6.66. The van der Waals surface area contributed by atoms with Gasteiger partial charge in [-0.1, -0.05) is 31.5 Å². The summed E-state index contributed by atoms with van der Waals surface area (Å²) in [5.74, 6) is -0.0302. The zero-order valence-corrected chi connectivity index (χ0v) is 12.2. The van der Waals surface area contributed by atoms with Crippen LogP contribution in [0.4, 0.5) is 0 Å². The van der Waals surface area contributed by atoms with Crippen LogP contribution in [-0.2, 0) is 11.3 Å². The van der Waals surface area contributed by atoms with Crippen LogP contribution in [0.2, 0.25) is 5.02 Å². The molecule has 0 saturated heterocycles. The molecule has 0 aliphatic carbocycles. The van der Waals surface area contributed by atoms with Gasteiger partial charge in [0.25, 0.3) is 0 Å². The molecule has 0 amide bonds. The summed E-state index contributed by atoms with van der Waals surface area (Å²) >= 11 is 6.07. The molecule has 0 aromatic heterocycles. The molecule has 0 aliphatic heterocycles. The summed E-state index contributed by atoms with van der Waals surface area (Å²) in [6, 6.07) is 5.37. The highest BCUT2D eigenvalue weighted by Crippen LogP contribution is 2.26. The van der Waals surface area contributed by atoms with E-state index in [2.05, 4.69) is 19.2 Å². The van der Waals surface area contributed by atoms with Gasteiger partial charge in [0.2, 0.25) is 0 Å². The Morgan fingerprint density at radius 2 is 2.11 bits per heavy atom. The van der Waals surface area contributed by atoms with Crippen molar-refractivity contribution in [3.05, 3.63) is 28.8 Å². The van der Waals surface area contributed by atoms with E-state index < -0.39 is 12.1 Å². The summed E-state index contributed by atoms with van der Waals surface area (Å²) in [4.78, 5) is 10.7. The molecule has 1 aromatic rings. The Balaban J connectivity index is 2.61. The molecule has 19 heavy (non-hydrogen) atoms. The molecule has 5 heteroatoms. The van der Waals surface area contributed by atoms with Gasteiger partial charge in [0, 0.05) is 6.54 Å². The van der Waals surface area contributed by atoms with Crippen LogP contribution >= 0.6 is 11.6 Å². The third-order valence-corrected chi connectivity index (χ3v) is 2.82. The standard InChI is InChI=1S/C14H20ClNO3/c1-9(2)7-16-8-11-4-5-13(12(15)6-11)19-10(3)14(17)18/h4-6,9-10,16H,7-8H2,1-3H3,(H,17,18). The predicted octanol–water partition coefficient (Wildman–Crippen LogP) is 2.94. The molecule has 106 valence electrons. The Hall–Kier alpha value is -1.26. The summed E-state index contributed by atoms with van der Waals surface area (Å²) in [6.07, 6.45) is -0.914. The van der Waals surface area contributed by atoms with Crippen molar-refractivity contribution in [2.24, 2.45) is 5.92 Å². The average Bonchev–Trinajstić information content (AvgIpc) is 2.31. The van der Waals surface area contributed by atoms with Crippen LogP contribution in [0.1, 0.15) is 26.3 Å². The number of carboxylic acids is 1. The molecule has 2 N–H and O–H groups in total. The minimum atomic E-state index is -1.02. The molecule has 0 radical (unpaired) electrons. The molecular weight excluding hydrogens is 266 g/mol. The van der Waals surface area contributed by atoms with Crippen LogP contribution in [0.5, 0.6) is 5.75 Å². The summed E-state index contributed by atoms with van der Waals surface area (Å²) < 4.78 is 5.25. The number of ether oxygens (including phenoxy) is 1. The van der Waals surface area contributed by atoms with Gasteiger partial charge < -0.3 is 15.2 Å². The lowest BCUT2D eigenvalue weighted by molar-refractivity contribution is -0.144. The number of halogens is 1. The molecule has 0 aliphatic rings. The van der Waals surface area contributed by atoms with E-state index in [1.54, 1.807) is 12.1 Å². The lowest BCUT2D eigenvalue weighted by Crippen LogP contribution is -2.23. The van der Waals surface area contributed by atoms with Crippen LogP contribution in [0.15, 0.2) is 18.2 Å². The maximum Gasteiger partial charge on any atom is 0.344 e.